The number of rotatable bonds is 4. The van der Waals surface area contributed by atoms with Gasteiger partial charge in [-0.25, -0.2) is 0 Å². The second-order valence-corrected chi connectivity index (χ2v) is 5.41. The monoisotopic (exact) mass is 245 g/mol. The molecule has 0 amide bonds. The molecule has 2 heterocycles. The van der Waals surface area contributed by atoms with Gasteiger partial charge in [-0.15, -0.1) is 0 Å². The fraction of sp³-hybridized carbons (Fsp3) is 0.700. The Kier molecular flexibility index (Phi) is 3.59. The van der Waals surface area contributed by atoms with E-state index in [9.17, 15) is 0 Å². The molecule has 0 spiro atoms. The van der Waals surface area contributed by atoms with Gasteiger partial charge >= 0.3 is 0 Å². The number of thioether (sulfide) groups is 1. The van der Waals surface area contributed by atoms with E-state index in [1.807, 2.05) is 25.7 Å². The summed E-state index contributed by atoms with van der Waals surface area (Å²) in [5.41, 5.74) is 2.25. The Morgan fingerprint density at radius 3 is 2.80 bits per heavy atom. The van der Waals surface area contributed by atoms with Crippen LogP contribution in [0.2, 0.25) is 5.15 Å². The van der Waals surface area contributed by atoms with Crippen LogP contribution in [0.5, 0.6) is 0 Å². The van der Waals surface area contributed by atoms with Crippen LogP contribution in [0.4, 0.5) is 0 Å². The predicted molar refractivity (Wildman–Crippen MR) is 65.5 cm³/mol. The molecule has 1 aromatic rings. The molecular weight excluding hydrogens is 230 g/mol. The van der Waals surface area contributed by atoms with Crippen LogP contribution in [0.15, 0.2) is 0 Å². The van der Waals surface area contributed by atoms with Crippen molar-refractivity contribution in [2.24, 2.45) is 13.0 Å². The summed E-state index contributed by atoms with van der Waals surface area (Å²) in [5, 5.41) is 8.37. The Morgan fingerprint density at radius 1 is 1.60 bits per heavy atom. The molecule has 15 heavy (non-hydrogen) atoms. The minimum absolute atomic E-state index is 0.784. The van der Waals surface area contributed by atoms with E-state index < -0.39 is 0 Å². The van der Waals surface area contributed by atoms with Gasteiger partial charge in [0, 0.05) is 18.4 Å². The van der Waals surface area contributed by atoms with Crippen molar-refractivity contribution in [2.75, 3.05) is 18.8 Å². The molecule has 0 bridgehead atoms. The number of nitrogens with zero attached hydrogens (tertiary/aromatic N) is 2. The molecule has 2 rings (SSSR count). The van der Waals surface area contributed by atoms with Crippen LogP contribution < -0.4 is 5.32 Å². The van der Waals surface area contributed by atoms with Crippen molar-refractivity contribution in [3.05, 3.63) is 16.4 Å². The normalized spacial score (nSPS) is 16.7. The van der Waals surface area contributed by atoms with Crippen molar-refractivity contribution in [3.63, 3.8) is 0 Å². The van der Waals surface area contributed by atoms with Crippen LogP contribution in [-0.2, 0) is 12.8 Å². The van der Waals surface area contributed by atoms with Crippen LogP contribution in [0.25, 0.3) is 0 Å². The maximum Gasteiger partial charge on any atom is 0.131 e. The zero-order valence-corrected chi connectivity index (χ0v) is 10.7. The van der Waals surface area contributed by atoms with Gasteiger partial charge in [-0.1, -0.05) is 11.6 Å². The Morgan fingerprint density at radius 2 is 2.33 bits per heavy atom. The largest absolute Gasteiger partial charge is 0.316 e. The maximum absolute atomic E-state index is 6.15. The molecule has 0 atom stereocenters. The molecule has 1 N–H and O–H groups in total. The van der Waals surface area contributed by atoms with Crippen molar-refractivity contribution in [3.8, 4) is 0 Å². The molecule has 5 heteroatoms. The highest BCUT2D eigenvalue weighted by Gasteiger charge is 2.17. The van der Waals surface area contributed by atoms with E-state index >= 15 is 0 Å². The fourth-order valence-electron chi connectivity index (χ4n) is 1.63. The minimum atomic E-state index is 0.784. The number of nitrogens with one attached hydrogen (secondary N) is 1. The Labute approximate surface area is 99.6 Å². The van der Waals surface area contributed by atoms with Crippen molar-refractivity contribution >= 4 is 23.4 Å². The Balaban J connectivity index is 1.86. The van der Waals surface area contributed by atoms with E-state index in [2.05, 4.69) is 10.4 Å². The van der Waals surface area contributed by atoms with Gasteiger partial charge < -0.3 is 5.32 Å². The number of hydrogen-bond donors (Lipinski definition) is 1. The van der Waals surface area contributed by atoms with E-state index in [4.69, 9.17) is 11.6 Å². The summed E-state index contributed by atoms with van der Waals surface area (Å²) in [6.07, 6.45) is 0. The number of aryl methyl sites for hydroxylation is 2. The topological polar surface area (TPSA) is 29.9 Å². The number of hydrogen-bond acceptors (Lipinski definition) is 3. The van der Waals surface area contributed by atoms with Crippen molar-refractivity contribution < 1.29 is 0 Å². The van der Waals surface area contributed by atoms with Gasteiger partial charge in [0.2, 0.25) is 0 Å². The minimum Gasteiger partial charge on any atom is -0.316 e. The second-order valence-electron chi connectivity index (χ2n) is 4.02. The first-order valence-electron chi connectivity index (χ1n) is 5.15. The summed E-state index contributed by atoms with van der Waals surface area (Å²) in [6, 6.07) is 0. The summed E-state index contributed by atoms with van der Waals surface area (Å²) >= 11 is 8.11. The van der Waals surface area contributed by atoms with E-state index in [-0.39, 0.29) is 0 Å². The molecule has 1 saturated heterocycles. The Bertz CT molecular complexity index is 347. The van der Waals surface area contributed by atoms with E-state index in [1.54, 1.807) is 4.68 Å². The van der Waals surface area contributed by atoms with Gasteiger partial charge in [0.15, 0.2) is 0 Å². The molecule has 0 aromatic carbocycles. The SMILES string of the molecule is Cc1nn(C)c(Cl)c1CSCC1CNC1. The average Bonchev–Trinajstić information content (AvgIpc) is 2.35. The zero-order chi connectivity index (χ0) is 10.8. The average molecular weight is 246 g/mol. The van der Waals surface area contributed by atoms with Crippen LogP contribution in [0.3, 0.4) is 0 Å². The molecule has 1 aliphatic heterocycles. The third kappa shape index (κ3) is 2.49. The molecule has 1 aromatic heterocycles. The third-order valence-electron chi connectivity index (χ3n) is 2.74. The van der Waals surface area contributed by atoms with Crippen LogP contribution >= 0.6 is 23.4 Å². The molecule has 3 nitrogen and oxygen atoms in total. The highest BCUT2D eigenvalue weighted by molar-refractivity contribution is 7.98. The summed E-state index contributed by atoms with van der Waals surface area (Å²) in [4.78, 5) is 0. The van der Waals surface area contributed by atoms with Crippen LogP contribution in [0, 0.1) is 12.8 Å². The van der Waals surface area contributed by atoms with Crippen molar-refractivity contribution in [1.82, 2.24) is 15.1 Å². The first-order chi connectivity index (χ1) is 7.18. The number of aromatic nitrogens is 2. The van der Waals surface area contributed by atoms with Crippen LogP contribution in [-0.4, -0.2) is 28.6 Å². The highest BCUT2D eigenvalue weighted by Crippen LogP contribution is 2.25. The predicted octanol–water partition coefficient (Wildman–Crippen LogP) is 1.83. The van der Waals surface area contributed by atoms with E-state index in [0.717, 1.165) is 22.5 Å². The lowest BCUT2D eigenvalue weighted by Crippen LogP contribution is -2.43. The lowest BCUT2D eigenvalue weighted by molar-refractivity contribution is 0.385. The Hall–Kier alpha value is -0.190. The first-order valence-corrected chi connectivity index (χ1v) is 6.68. The highest BCUT2D eigenvalue weighted by atomic mass is 35.5. The molecule has 0 unspecified atom stereocenters. The van der Waals surface area contributed by atoms with Gasteiger partial charge in [0.1, 0.15) is 5.15 Å². The molecular formula is C10H16ClN3S. The smallest absolute Gasteiger partial charge is 0.131 e. The number of halogens is 1. The zero-order valence-electron chi connectivity index (χ0n) is 9.09. The van der Waals surface area contributed by atoms with E-state index in [1.165, 1.54) is 24.4 Å². The quantitative estimate of drug-likeness (QED) is 0.878. The fourth-order valence-corrected chi connectivity index (χ4v) is 3.19. The second kappa shape index (κ2) is 4.76. The summed E-state index contributed by atoms with van der Waals surface area (Å²) in [7, 11) is 1.89. The molecule has 0 radical (unpaired) electrons. The van der Waals surface area contributed by atoms with Crippen molar-refractivity contribution in [2.45, 2.75) is 12.7 Å². The lowest BCUT2D eigenvalue weighted by Gasteiger charge is -2.26. The molecule has 0 saturated carbocycles. The first kappa shape index (κ1) is 11.3. The van der Waals surface area contributed by atoms with Gasteiger partial charge in [0.05, 0.1) is 5.69 Å². The molecule has 1 aliphatic rings. The standard InChI is InChI=1S/C10H16ClN3S/c1-7-9(10(11)14(2)13-7)6-15-5-8-3-12-4-8/h8,12H,3-6H2,1-2H3. The summed E-state index contributed by atoms with van der Waals surface area (Å²) < 4.78 is 1.75. The lowest BCUT2D eigenvalue weighted by atomic mass is 10.1. The van der Waals surface area contributed by atoms with Gasteiger partial charge in [-0.2, -0.15) is 16.9 Å². The van der Waals surface area contributed by atoms with Gasteiger partial charge in [0.25, 0.3) is 0 Å². The summed E-state index contributed by atoms with van der Waals surface area (Å²) in [6.45, 7) is 4.37. The van der Waals surface area contributed by atoms with Gasteiger partial charge in [-0.3, -0.25) is 4.68 Å². The van der Waals surface area contributed by atoms with Gasteiger partial charge in [-0.05, 0) is 31.7 Å². The molecule has 1 fully saturated rings. The van der Waals surface area contributed by atoms with Crippen molar-refractivity contribution in [1.29, 1.82) is 0 Å². The van der Waals surface area contributed by atoms with Crippen LogP contribution in [0.1, 0.15) is 11.3 Å². The maximum atomic E-state index is 6.15. The third-order valence-corrected chi connectivity index (χ3v) is 4.41. The molecule has 0 aliphatic carbocycles. The molecule has 84 valence electrons. The van der Waals surface area contributed by atoms with E-state index in [0.29, 0.717) is 0 Å². The summed E-state index contributed by atoms with van der Waals surface area (Å²) in [5.74, 6) is 3.05.